The number of benzene rings is 2. The number of amides is 1. The van der Waals surface area contributed by atoms with Gasteiger partial charge in [0.2, 0.25) is 5.91 Å². The zero-order chi connectivity index (χ0) is 16.8. The highest BCUT2D eigenvalue weighted by Gasteiger charge is 2.21. The molecule has 0 bridgehead atoms. The molecule has 0 aliphatic carbocycles. The van der Waals surface area contributed by atoms with E-state index in [0.717, 1.165) is 5.56 Å². The molecule has 120 valence electrons. The van der Waals surface area contributed by atoms with Gasteiger partial charge in [-0.2, -0.15) is 0 Å². The molecule has 0 fully saturated rings. The molecule has 0 spiro atoms. The Bertz CT molecular complexity index is 716. The second-order valence-corrected chi connectivity index (χ2v) is 4.69. The SMILES string of the molecule is COc1cc(NC(=O)Cc2ccccc2)c([N+](=O)[O-])cc1OC. The van der Waals surface area contributed by atoms with Gasteiger partial charge in [0.05, 0.1) is 31.6 Å². The number of nitrogens with one attached hydrogen (secondary N) is 1. The summed E-state index contributed by atoms with van der Waals surface area (Å²) in [5.41, 5.74) is 0.616. The first kappa shape index (κ1) is 16.3. The first-order valence-electron chi connectivity index (χ1n) is 6.79. The summed E-state index contributed by atoms with van der Waals surface area (Å²) < 4.78 is 10.2. The van der Waals surface area contributed by atoms with Crippen LogP contribution in [-0.4, -0.2) is 25.1 Å². The average molecular weight is 316 g/mol. The van der Waals surface area contributed by atoms with Crippen LogP contribution in [0, 0.1) is 10.1 Å². The monoisotopic (exact) mass is 316 g/mol. The summed E-state index contributed by atoms with van der Waals surface area (Å²) in [4.78, 5) is 22.7. The first-order valence-corrected chi connectivity index (χ1v) is 6.79. The lowest BCUT2D eigenvalue weighted by atomic mass is 10.1. The molecule has 0 aliphatic heterocycles. The molecule has 1 N–H and O–H groups in total. The molecule has 0 aliphatic rings. The van der Waals surface area contributed by atoms with E-state index in [-0.39, 0.29) is 29.5 Å². The van der Waals surface area contributed by atoms with Gasteiger partial charge in [0.1, 0.15) is 5.69 Å². The largest absolute Gasteiger partial charge is 0.493 e. The highest BCUT2D eigenvalue weighted by atomic mass is 16.6. The Labute approximate surface area is 133 Å². The van der Waals surface area contributed by atoms with Crippen LogP contribution in [0.1, 0.15) is 5.56 Å². The zero-order valence-corrected chi connectivity index (χ0v) is 12.7. The third kappa shape index (κ3) is 3.97. The summed E-state index contributed by atoms with van der Waals surface area (Å²) >= 11 is 0. The lowest BCUT2D eigenvalue weighted by Crippen LogP contribution is -2.15. The third-order valence-electron chi connectivity index (χ3n) is 3.18. The van der Waals surface area contributed by atoms with Crippen molar-refractivity contribution in [1.82, 2.24) is 0 Å². The molecule has 1 amide bonds. The van der Waals surface area contributed by atoms with Crippen molar-refractivity contribution in [2.45, 2.75) is 6.42 Å². The average Bonchev–Trinajstić information content (AvgIpc) is 2.54. The minimum atomic E-state index is -0.583. The Balaban J connectivity index is 2.27. The summed E-state index contributed by atoms with van der Waals surface area (Å²) in [6.45, 7) is 0. The molecule has 0 saturated carbocycles. The standard InChI is InChI=1S/C16H16N2O5/c1-22-14-9-12(13(18(20)21)10-15(14)23-2)17-16(19)8-11-6-4-3-5-7-11/h3-7,9-10H,8H2,1-2H3,(H,17,19). The number of methoxy groups -OCH3 is 2. The quantitative estimate of drug-likeness (QED) is 0.653. The number of hydrogen-bond acceptors (Lipinski definition) is 5. The zero-order valence-electron chi connectivity index (χ0n) is 12.7. The Morgan fingerprint density at radius 1 is 1.13 bits per heavy atom. The van der Waals surface area contributed by atoms with Crippen molar-refractivity contribution in [2.75, 3.05) is 19.5 Å². The number of nitrogens with zero attached hydrogens (tertiary/aromatic N) is 1. The lowest BCUT2D eigenvalue weighted by Gasteiger charge is -2.11. The van der Waals surface area contributed by atoms with Crippen LogP contribution in [0.15, 0.2) is 42.5 Å². The van der Waals surface area contributed by atoms with Crippen LogP contribution in [0.5, 0.6) is 11.5 Å². The Hall–Kier alpha value is -3.09. The highest BCUT2D eigenvalue weighted by Crippen LogP contribution is 2.37. The van der Waals surface area contributed by atoms with Crippen molar-refractivity contribution >= 4 is 17.3 Å². The maximum Gasteiger partial charge on any atom is 0.296 e. The van der Waals surface area contributed by atoms with Crippen LogP contribution >= 0.6 is 0 Å². The fourth-order valence-electron chi connectivity index (χ4n) is 2.10. The van der Waals surface area contributed by atoms with Crippen molar-refractivity contribution in [3.8, 4) is 11.5 Å². The van der Waals surface area contributed by atoms with Crippen molar-refractivity contribution < 1.29 is 19.2 Å². The van der Waals surface area contributed by atoms with E-state index < -0.39 is 4.92 Å². The van der Waals surface area contributed by atoms with E-state index in [1.807, 2.05) is 30.3 Å². The van der Waals surface area contributed by atoms with E-state index in [9.17, 15) is 14.9 Å². The van der Waals surface area contributed by atoms with Gasteiger partial charge in [0.15, 0.2) is 11.5 Å². The summed E-state index contributed by atoms with van der Waals surface area (Å²) in [5.74, 6) is 0.167. The van der Waals surface area contributed by atoms with Crippen molar-refractivity contribution in [1.29, 1.82) is 0 Å². The van der Waals surface area contributed by atoms with E-state index >= 15 is 0 Å². The Morgan fingerprint density at radius 3 is 2.30 bits per heavy atom. The van der Waals surface area contributed by atoms with E-state index in [0.29, 0.717) is 5.75 Å². The first-order chi connectivity index (χ1) is 11.0. The molecule has 0 saturated heterocycles. The molecule has 0 radical (unpaired) electrons. The fourth-order valence-corrected chi connectivity index (χ4v) is 2.10. The van der Waals surface area contributed by atoms with Gasteiger partial charge < -0.3 is 14.8 Å². The maximum atomic E-state index is 12.1. The molecule has 2 aromatic rings. The van der Waals surface area contributed by atoms with Crippen LogP contribution in [0.25, 0.3) is 0 Å². The van der Waals surface area contributed by atoms with Crippen LogP contribution in [0.2, 0.25) is 0 Å². The second kappa shape index (κ2) is 7.26. The Kier molecular flexibility index (Phi) is 5.14. The number of anilines is 1. The number of nitro groups is 1. The van der Waals surface area contributed by atoms with Crippen molar-refractivity contribution in [3.05, 3.63) is 58.1 Å². The second-order valence-electron chi connectivity index (χ2n) is 4.69. The molecule has 0 atom stereocenters. The van der Waals surface area contributed by atoms with Gasteiger partial charge in [-0.1, -0.05) is 30.3 Å². The Morgan fingerprint density at radius 2 is 1.74 bits per heavy atom. The molecule has 2 aromatic carbocycles. The van der Waals surface area contributed by atoms with Crippen molar-refractivity contribution in [3.63, 3.8) is 0 Å². The van der Waals surface area contributed by atoms with Gasteiger partial charge in [-0.05, 0) is 5.56 Å². The van der Waals surface area contributed by atoms with Gasteiger partial charge in [0, 0.05) is 6.07 Å². The molecule has 7 nitrogen and oxygen atoms in total. The summed E-state index contributed by atoms with van der Waals surface area (Å²) in [6, 6.07) is 11.7. The van der Waals surface area contributed by atoms with Crippen LogP contribution in [-0.2, 0) is 11.2 Å². The third-order valence-corrected chi connectivity index (χ3v) is 3.18. The number of carbonyl (C=O) groups excluding carboxylic acids is 1. The molecular weight excluding hydrogens is 300 g/mol. The predicted octanol–water partition coefficient (Wildman–Crippen LogP) is 2.79. The number of rotatable bonds is 6. The van der Waals surface area contributed by atoms with Crippen LogP contribution < -0.4 is 14.8 Å². The molecule has 23 heavy (non-hydrogen) atoms. The van der Waals surface area contributed by atoms with Crippen LogP contribution in [0.3, 0.4) is 0 Å². The molecule has 0 aromatic heterocycles. The van der Waals surface area contributed by atoms with Crippen LogP contribution in [0.4, 0.5) is 11.4 Å². The van der Waals surface area contributed by atoms with E-state index in [1.165, 1.54) is 26.4 Å². The number of nitro benzene ring substituents is 1. The number of hydrogen-bond donors (Lipinski definition) is 1. The molecular formula is C16H16N2O5. The predicted molar refractivity (Wildman–Crippen MR) is 85.0 cm³/mol. The molecule has 0 unspecified atom stereocenters. The van der Waals surface area contributed by atoms with Gasteiger partial charge in [-0.3, -0.25) is 14.9 Å². The number of ether oxygens (including phenoxy) is 2. The van der Waals surface area contributed by atoms with E-state index in [2.05, 4.69) is 5.32 Å². The van der Waals surface area contributed by atoms with Gasteiger partial charge in [0.25, 0.3) is 5.69 Å². The molecule has 2 rings (SSSR count). The summed E-state index contributed by atoms with van der Waals surface area (Å²) in [5, 5.41) is 13.7. The van der Waals surface area contributed by atoms with Gasteiger partial charge >= 0.3 is 0 Å². The van der Waals surface area contributed by atoms with E-state index in [4.69, 9.17) is 9.47 Å². The summed E-state index contributed by atoms with van der Waals surface area (Å²) in [6.07, 6.45) is 0.117. The minimum Gasteiger partial charge on any atom is -0.493 e. The molecule has 7 heteroatoms. The molecule has 0 heterocycles. The lowest BCUT2D eigenvalue weighted by molar-refractivity contribution is -0.384. The fraction of sp³-hybridized carbons (Fsp3) is 0.188. The topological polar surface area (TPSA) is 90.7 Å². The smallest absolute Gasteiger partial charge is 0.296 e. The van der Waals surface area contributed by atoms with Crippen molar-refractivity contribution in [2.24, 2.45) is 0 Å². The number of carbonyl (C=O) groups is 1. The summed E-state index contributed by atoms with van der Waals surface area (Å²) in [7, 11) is 2.80. The minimum absolute atomic E-state index is 0.0635. The van der Waals surface area contributed by atoms with Gasteiger partial charge in [-0.15, -0.1) is 0 Å². The van der Waals surface area contributed by atoms with E-state index in [1.54, 1.807) is 0 Å². The highest BCUT2D eigenvalue weighted by molar-refractivity contribution is 5.95. The maximum absolute atomic E-state index is 12.1. The van der Waals surface area contributed by atoms with Gasteiger partial charge in [-0.25, -0.2) is 0 Å². The normalized spacial score (nSPS) is 10.0.